The molecule has 90 valence electrons. The van der Waals surface area contributed by atoms with Gasteiger partial charge in [0.2, 0.25) is 0 Å². The van der Waals surface area contributed by atoms with Crippen molar-refractivity contribution < 1.29 is 27.8 Å². The number of methoxy groups -OCH3 is 1. The van der Waals surface area contributed by atoms with Gasteiger partial charge in [0, 0.05) is 17.7 Å². The Bertz CT molecular complexity index is 475. The minimum Gasteiger partial charge on any atom is -0.497 e. The molecular weight excluding hydrogens is 234 g/mol. The molecule has 0 saturated carbocycles. The Morgan fingerprint density at radius 2 is 1.88 bits per heavy atom. The topological polar surface area (TPSA) is 52.6 Å². The first-order chi connectivity index (χ1) is 8.02. The zero-order valence-electron chi connectivity index (χ0n) is 8.83. The lowest BCUT2D eigenvalue weighted by molar-refractivity contribution is -0.152. The van der Waals surface area contributed by atoms with Gasteiger partial charge in [0.05, 0.1) is 19.4 Å². The van der Waals surface area contributed by atoms with Gasteiger partial charge in [-0.25, -0.2) is 8.78 Å². The number of rotatable bonds is 2. The van der Waals surface area contributed by atoms with Crippen molar-refractivity contribution in [3.05, 3.63) is 29.3 Å². The summed E-state index contributed by atoms with van der Waals surface area (Å²) in [5.41, 5.74) is -0.457. The molecule has 4 nitrogen and oxygen atoms in total. The average molecular weight is 242 g/mol. The predicted molar refractivity (Wildman–Crippen MR) is 51.4 cm³/mol. The third-order valence-electron chi connectivity index (χ3n) is 2.51. The van der Waals surface area contributed by atoms with Crippen LogP contribution in [0.5, 0.6) is 5.75 Å². The maximum atomic E-state index is 13.6. The van der Waals surface area contributed by atoms with Crippen molar-refractivity contribution in [2.75, 3.05) is 7.11 Å². The molecule has 0 aromatic heterocycles. The molecule has 1 atom stereocenters. The van der Waals surface area contributed by atoms with E-state index in [-0.39, 0.29) is 12.2 Å². The Kier molecular flexibility index (Phi) is 2.79. The van der Waals surface area contributed by atoms with E-state index < -0.39 is 35.1 Å². The lowest BCUT2D eigenvalue weighted by Gasteiger charge is -2.09. The first kappa shape index (κ1) is 11.5. The van der Waals surface area contributed by atoms with Crippen LogP contribution in [0.15, 0.2) is 12.1 Å². The Morgan fingerprint density at radius 1 is 1.29 bits per heavy atom. The van der Waals surface area contributed by atoms with Crippen LogP contribution in [0.25, 0.3) is 0 Å². The van der Waals surface area contributed by atoms with E-state index in [0.29, 0.717) is 0 Å². The number of hydrogen-bond acceptors (Lipinski definition) is 4. The van der Waals surface area contributed by atoms with Crippen LogP contribution in [0.2, 0.25) is 0 Å². The molecule has 1 aliphatic rings. The third kappa shape index (κ3) is 1.98. The van der Waals surface area contributed by atoms with Crippen LogP contribution in [0.1, 0.15) is 17.9 Å². The Morgan fingerprint density at radius 3 is 2.29 bits per heavy atom. The number of hydrogen-bond donors (Lipinski definition) is 0. The molecule has 0 spiro atoms. The van der Waals surface area contributed by atoms with Gasteiger partial charge in [-0.15, -0.1) is 0 Å². The zero-order valence-corrected chi connectivity index (χ0v) is 8.83. The minimum atomic E-state index is -1.21. The van der Waals surface area contributed by atoms with Crippen molar-refractivity contribution in [2.24, 2.45) is 0 Å². The molecule has 0 N–H and O–H groups in total. The molecule has 0 bridgehead atoms. The van der Waals surface area contributed by atoms with Crippen LogP contribution in [0, 0.1) is 11.6 Å². The molecule has 1 aliphatic heterocycles. The minimum absolute atomic E-state index is 0.00133. The molecule has 1 unspecified atom stereocenters. The van der Waals surface area contributed by atoms with Gasteiger partial charge in [-0.1, -0.05) is 0 Å². The smallest absolute Gasteiger partial charge is 0.321 e. The highest BCUT2D eigenvalue weighted by molar-refractivity contribution is 5.97. The number of carbonyl (C=O) groups excluding carboxylic acids is 2. The van der Waals surface area contributed by atoms with Crippen molar-refractivity contribution in [3.63, 3.8) is 0 Å². The molecule has 1 aromatic rings. The summed E-state index contributed by atoms with van der Waals surface area (Å²) < 4.78 is 36.2. The molecule has 1 fully saturated rings. The first-order valence-corrected chi connectivity index (χ1v) is 4.80. The number of cyclic esters (lactones) is 2. The number of carbonyl (C=O) groups is 2. The number of benzene rings is 1. The number of ether oxygens (including phenoxy) is 2. The lowest BCUT2D eigenvalue weighted by atomic mass is 9.96. The number of esters is 2. The van der Waals surface area contributed by atoms with Gasteiger partial charge in [0.25, 0.3) is 0 Å². The van der Waals surface area contributed by atoms with E-state index >= 15 is 0 Å². The number of halogens is 2. The molecule has 1 saturated heterocycles. The highest BCUT2D eigenvalue weighted by Crippen LogP contribution is 2.33. The quantitative estimate of drug-likeness (QED) is 0.583. The van der Waals surface area contributed by atoms with Gasteiger partial charge in [-0.05, 0) is 0 Å². The van der Waals surface area contributed by atoms with Gasteiger partial charge < -0.3 is 9.47 Å². The van der Waals surface area contributed by atoms with Gasteiger partial charge in [-0.3, -0.25) is 9.59 Å². The van der Waals surface area contributed by atoms with Gasteiger partial charge >= 0.3 is 11.9 Å². The SMILES string of the molecule is COc1cc(F)c(C2CC(=O)OC2=O)c(F)c1. The van der Waals surface area contributed by atoms with Crippen LogP contribution in [-0.2, 0) is 14.3 Å². The third-order valence-corrected chi connectivity index (χ3v) is 2.51. The molecule has 1 heterocycles. The fourth-order valence-electron chi connectivity index (χ4n) is 1.71. The maximum absolute atomic E-state index is 13.6. The van der Waals surface area contributed by atoms with E-state index in [1.54, 1.807) is 0 Å². The maximum Gasteiger partial charge on any atom is 0.321 e. The van der Waals surface area contributed by atoms with E-state index in [1.165, 1.54) is 7.11 Å². The molecule has 0 aliphatic carbocycles. The largest absolute Gasteiger partial charge is 0.497 e. The Hall–Kier alpha value is -1.98. The molecule has 1 aromatic carbocycles. The van der Waals surface area contributed by atoms with Gasteiger partial charge in [-0.2, -0.15) is 0 Å². The Labute approximate surface area is 95.1 Å². The zero-order chi connectivity index (χ0) is 12.6. The van der Waals surface area contributed by atoms with E-state index in [1.807, 2.05) is 0 Å². The second-order valence-corrected chi connectivity index (χ2v) is 3.55. The standard InChI is InChI=1S/C11H8F2O4/c1-16-5-2-7(12)10(8(13)3-5)6-4-9(14)17-11(6)15/h2-3,6H,4H2,1H3. The second-order valence-electron chi connectivity index (χ2n) is 3.55. The summed E-state index contributed by atoms with van der Waals surface area (Å²) in [6, 6.07) is 1.91. The van der Waals surface area contributed by atoms with E-state index in [0.717, 1.165) is 12.1 Å². The van der Waals surface area contributed by atoms with Crippen molar-refractivity contribution in [1.82, 2.24) is 0 Å². The summed E-state index contributed by atoms with van der Waals surface area (Å²) >= 11 is 0. The summed E-state index contributed by atoms with van der Waals surface area (Å²) in [7, 11) is 1.27. The highest BCUT2D eigenvalue weighted by atomic mass is 19.1. The van der Waals surface area contributed by atoms with Crippen molar-refractivity contribution >= 4 is 11.9 Å². The first-order valence-electron chi connectivity index (χ1n) is 4.80. The second kappa shape index (κ2) is 4.12. The summed E-state index contributed by atoms with van der Waals surface area (Å²) in [5.74, 6) is -4.79. The van der Waals surface area contributed by atoms with Gasteiger partial charge in [0.15, 0.2) is 0 Å². The van der Waals surface area contributed by atoms with E-state index in [9.17, 15) is 18.4 Å². The van der Waals surface area contributed by atoms with Crippen LogP contribution in [0.3, 0.4) is 0 Å². The molecule has 2 rings (SSSR count). The molecule has 6 heteroatoms. The molecule has 0 radical (unpaired) electrons. The van der Waals surface area contributed by atoms with Crippen molar-refractivity contribution in [3.8, 4) is 5.75 Å². The van der Waals surface area contributed by atoms with E-state index in [2.05, 4.69) is 9.47 Å². The van der Waals surface area contributed by atoms with E-state index in [4.69, 9.17) is 0 Å². The molecule has 0 amide bonds. The molecule has 17 heavy (non-hydrogen) atoms. The summed E-state index contributed by atoms with van der Waals surface area (Å²) in [4.78, 5) is 22.1. The Balaban J connectivity index is 2.45. The normalized spacial score (nSPS) is 19.4. The summed E-state index contributed by atoms with van der Waals surface area (Å²) in [5, 5.41) is 0. The van der Waals surface area contributed by atoms with Crippen molar-refractivity contribution in [2.45, 2.75) is 12.3 Å². The average Bonchev–Trinajstić information content (AvgIpc) is 2.57. The fourth-order valence-corrected chi connectivity index (χ4v) is 1.71. The van der Waals surface area contributed by atoms with Crippen LogP contribution in [-0.4, -0.2) is 19.0 Å². The predicted octanol–water partition coefficient (Wildman–Crippen LogP) is 1.53. The lowest BCUT2D eigenvalue weighted by Crippen LogP contribution is -2.10. The molecular formula is C11H8F2O4. The van der Waals surface area contributed by atoms with Crippen LogP contribution in [0.4, 0.5) is 8.78 Å². The highest BCUT2D eigenvalue weighted by Gasteiger charge is 2.38. The monoisotopic (exact) mass is 242 g/mol. The van der Waals surface area contributed by atoms with Gasteiger partial charge in [0.1, 0.15) is 17.4 Å². The summed E-state index contributed by atoms with van der Waals surface area (Å²) in [6.45, 7) is 0. The summed E-state index contributed by atoms with van der Waals surface area (Å²) in [6.07, 6.45) is -0.348. The van der Waals surface area contributed by atoms with Crippen LogP contribution >= 0.6 is 0 Å². The van der Waals surface area contributed by atoms with Crippen LogP contribution < -0.4 is 4.74 Å². The fraction of sp³-hybridized carbons (Fsp3) is 0.273. The van der Waals surface area contributed by atoms with Crippen molar-refractivity contribution in [1.29, 1.82) is 0 Å².